The van der Waals surface area contributed by atoms with Gasteiger partial charge in [-0.2, -0.15) is 0 Å². The highest BCUT2D eigenvalue weighted by molar-refractivity contribution is 5.76. The summed E-state index contributed by atoms with van der Waals surface area (Å²) in [6.45, 7) is 8.97. The topological polar surface area (TPSA) is 23.6 Å². The van der Waals surface area contributed by atoms with Gasteiger partial charge in [0.25, 0.3) is 0 Å². The first-order valence-corrected chi connectivity index (χ1v) is 8.77. The zero-order chi connectivity index (χ0) is 15.8. The molecule has 0 aromatic heterocycles. The molecule has 1 aliphatic heterocycles. The molecule has 2 rings (SSSR count). The number of benzene rings is 1. The molecule has 22 heavy (non-hydrogen) atoms. The van der Waals surface area contributed by atoms with E-state index in [9.17, 15) is 4.79 Å². The van der Waals surface area contributed by atoms with E-state index in [0.29, 0.717) is 12.3 Å². The second-order valence-corrected chi connectivity index (χ2v) is 6.29. The Balaban J connectivity index is 1.68. The summed E-state index contributed by atoms with van der Waals surface area (Å²) in [5.74, 6) is 1.11. The van der Waals surface area contributed by atoms with Crippen molar-refractivity contribution in [2.75, 3.05) is 32.7 Å². The van der Waals surface area contributed by atoms with Gasteiger partial charge in [-0.05, 0) is 57.7 Å². The summed E-state index contributed by atoms with van der Waals surface area (Å²) >= 11 is 0. The molecule has 0 radical (unpaired) electrons. The third-order valence-electron chi connectivity index (χ3n) is 4.83. The van der Waals surface area contributed by atoms with Crippen LogP contribution < -0.4 is 0 Å². The summed E-state index contributed by atoms with van der Waals surface area (Å²) in [4.78, 5) is 16.4. The van der Waals surface area contributed by atoms with Crippen LogP contribution in [0.2, 0.25) is 0 Å². The average molecular weight is 302 g/mol. The molecule has 0 unspecified atom stereocenters. The van der Waals surface area contributed by atoms with Gasteiger partial charge < -0.3 is 9.80 Å². The van der Waals surface area contributed by atoms with Gasteiger partial charge in [0.05, 0.1) is 0 Å². The van der Waals surface area contributed by atoms with Crippen LogP contribution in [0, 0.1) is 5.92 Å². The molecule has 0 saturated carbocycles. The molecule has 1 aromatic carbocycles. The van der Waals surface area contributed by atoms with Crippen LogP contribution in [0.1, 0.15) is 38.7 Å². The van der Waals surface area contributed by atoms with Crippen LogP contribution in [0.15, 0.2) is 30.3 Å². The van der Waals surface area contributed by atoms with Gasteiger partial charge in [0.15, 0.2) is 0 Å². The van der Waals surface area contributed by atoms with Gasteiger partial charge in [0.2, 0.25) is 5.91 Å². The molecule has 1 saturated heterocycles. The predicted octanol–water partition coefficient (Wildman–Crippen LogP) is 3.20. The number of carbonyl (C=O) groups is 1. The number of piperidine rings is 1. The zero-order valence-corrected chi connectivity index (χ0v) is 14.1. The minimum absolute atomic E-state index is 0.302. The van der Waals surface area contributed by atoms with Crippen LogP contribution in [0.3, 0.4) is 0 Å². The second-order valence-electron chi connectivity index (χ2n) is 6.29. The fourth-order valence-corrected chi connectivity index (χ4v) is 3.35. The molecule has 1 fully saturated rings. The first-order valence-electron chi connectivity index (χ1n) is 8.77. The van der Waals surface area contributed by atoms with Gasteiger partial charge in [-0.3, -0.25) is 4.79 Å². The van der Waals surface area contributed by atoms with Gasteiger partial charge in [0.1, 0.15) is 0 Å². The number of nitrogens with zero attached hydrogens (tertiary/aromatic N) is 2. The monoisotopic (exact) mass is 302 g/mol. The minimum atomic E-state index is 0.302. The van der Waals surface area contributed by atoms with Crippen molar-refractivity contribution in [3.05, 3.63) is 35.9 Å². The second kappa shape index (κ2) is 8.94. The molecule has 1 amide bonds. The Bertz CT molecular complexity index is 434. The van der Waals surface area contributed by atoms with E-state index in [-0.39, 0.29) is 0 Å². The van der Waals surface area contributed by atoms with Crippen molar-refractivity contribution < 1.29 is 4.79 Å². The SMILES string of the molecule is CCN(CC)C(=O)CCN1CCC(Cc2ccccc2)CC1. The van der Waals surface area contributed by atoms with Gasteiger partial charge in [-0.25, -0.2) is 0 Å². The van der Waals surface area contributed by atoms with Crippen molar-refractivity contribution in [2.24, 2.45) is 5.92 Å². The maximum atomic E-state index is 12.1. The summed E-state index contributed by atoms with van der Waals surface area (Å²) in [5.41, 5.74) is 1.46. The van der Waals surface area contributed by atoms with Crippen LogP contribution in [0.5, 0.6) is 0 Å². The fourth-order valence-electron chi connectivity index (χ4n) is 3.35. The van der Waals surface area contributed by atoms with Crippen LogP contribution in [-0.4, -0.2) is 48.4 Å². The van der Waals surface area contributed by atoms with Gasteiger partial charge >= 0.3 is 0 Å². The number of rotatable bonds is 7. The maximum absolute atomic E-state index is 12.1. The number of carbonyl (C=O) groups excluding carboxylic acids is 1. The molecule has 1 aromatic rings. The zero-order valence-electron chi connectivity index (χ0n) is 14.1. The molecule has 3 nitrogen and oxygen atoms in total. The van der Waals surface area contributed by atoms with E-state index >= 15 is 0 Å². The Morgan fingerprint density at radius 2 is 1.77 bits per heavy atom. The first-order chi connectivity index (χ1) is 10.7. The number of amides is 1. The minimum Gasteiger partial charge on any atom is -0.343 e. The summed E-state index contributed by atoms with van der Waals surface area (Å²) in [6, 6.07) is 10.8. The molecular weight excluding hydrogens is 272 g/mol. The molecular formula is C19H30N2O. The maximum Gasteiger partial charge on any atom is 0.223 e. The number of hydrogen-bond donors (Lipinski definition) is 0. The first kappa shape index (κ1) is 17.0. The molecule has 0 atom stereocenters. The summed E-state index contributed by atoms with van der Waals surface area (Å²) in [6.07, 6.45) is 4.39. The Kier molecular flexibility index (Phi) is 6.91. The van der Waals surface area contributed by atoms with Crippen LogP contribution in [0.4, 0.5) is 0 Å². The van der Waals surface area contributed by atoms with Crippen molar-refractivity contribution >= 4 is 5.91 Å². The third-order valence-corrected chi connectivity index (χ3v) is 4.83. The summed E-state index contributed by atoms with van der Waals surface area (Å²) in [5, 5.41) is 0. The summed E-state index contributed by atoms with van der Waals surface area (Å²) in [7, 11) is 0. The lowest BCUT2D eigenvalue weighted by atomic mass is 9.90. The lowest BCUT2D eigenvalue weighted by Gasteiger charge is -2.32. The molecule has 0 spiro atoms. The lowest BCUT2D eigenvalue weighted by Crippen LogP contribution is -2.38. The molecule has 1 heterocycles. The molecule has 0 bridgehead atoms. The van der Waals surface area contributed by atoms with E-state index in [4.69, 9.17) is 0 Å². The van der Waals surface area contributed by atoms with E-state index in [2.05, 4.69) is 49.1 Å². The lowest BCUT2D eigenvalue weighted by molar-refractivity contribution is -0.131. The normalized spacial score (nSPS) is 16.6. The highest BCUT2D eigenvalue weighted by atomic mass is 16.2. The molecule has 122 valence electrons. The van der Waals surface area contributed by atoms with E-state index < -0.39 is 0 Å². The van der Waals surface area contributed by atoms with Crippen molar-refractivity contribution in [3.63, 3.8) is 0 Å². The Hall–Kier alpha value is -1.35. The highest BCUT2D eigenvalue weighted by Crippen LogP contribution is 2.21. The van der Waals surface area contributed by atoms with Gasteiger partial charge in [-0.1, -0.05) is 30.3 Å². The number of hydrogen-bond acceptors (Lipinski definition) is 2. The van der Waals surface area contributed by atoms with Gasteiger partial charge in [-0.15, -0.1) is 0 Å². The van der Waals surface area contributed by atoms with Crippen LogP contribution >= 0.6 is 0 Å². The van der Waals surface area contributed by atoms with E-state index in [1.54, 1.807) is 0 Å². The van der Waals surface area contributed by atoms with E-state index in [1.807, 2.05) is 4.90 Å². The summed E-state index contributed by atoms with van der Waals surface area (Å²) < 4.78 is 0. The fraction of sp³-hybridized carbons (Fsp3) is 0.632. The van der Waals surface area contributed by atoms with Crippen LogP contribution in [-0.2, 0) is 11.2 Å². The van der Waals surface area contributed by atoms with Crippen molar-refractivity contribution in [1.29, 1.82) is 0 Å². The number of likely N-dealkylation sites (tertiary alicyclic amines) is 1. The van der Waals surface area contributed by atoms with Crippen molar-refractivity contribution in [1.82, 2.24) is 9.80 Å². The quantitative estimate of drug-likeness (QED) is 0.772. The standard InChI is InChI=1S/C19H30N2O/c1-3-21(4-2)19(22)12-15-20-13-10-18(11-14-20)16-17-8-6-5-7-9-17/h5-9,18H,3-4,10-16H2,1-2H3. The molecule has 0 aliphatic carbocycles. The third kappa shape index (κ3) is 5.13. The Morgan fingerprint density at radius 3 is 2.36 bits per heavy atom. The smallest absolute Gasteiger partial charge is 0.223 e. The highest BCUT2D eigenvalue weighted by Gasteiger charge is 2.20. The van der Waals surface area contributed by atoms with Crippen LogP contribution in [0.25, 0.3) is 0 Å². The average Bonchev–Trinajstić information content (AvgIpc) is 2.56. The molecule has 0 N–H and O–H groups in total. The Morgan fingerprint density at radius 1 is 1.14 bits per heavy atom. The van der Waals surface area contributed by atoms with Gasteiger partial charge in [0, 0.05) is 26.1 Å². The van der Waals surface area contributed by atoms with E-state index in [1.165, 1.54) is 24.8 Å². The van der Waals surface area contributed by atoms with Crippen molar-refractivity contribution in [2.45, 2.75) is 39.5 Å². The Labute approximate surface area is 135 Å². The molecule has 1 aliphatic rings. The van der Waals surface area contributed by atoms with E-state index in [0.717, 1.165) is 38.6 Å². The molecule has 3 heteroatoms. The largest absolute Gasteiger partial charge is 0.343 e. The van der Waals surface area contributed by atoms with Crippen molar-refractivity contribution in [3.8, 4) is 0 Å². The predicted molar refractivity (Wildman–Crippen MR) is 91.9 cm³/mol.